The molecule has 6 heteroatoms. The zero-order chi connectivity index (χ0) is 20.5. The zero-order valence-corrected chi connectivity index (χ0v) is 15.9. The van der Waals surface area contributed by atoms with Crippen molar-refractivity contribution in [2.45, 2.75) is 13.8 Å². The third kappa shape index (κ3) is 3.52. The maximum atomic E-state index is 13.2. The first-order valence-corrected chi connectivity index (χ1v) is 9.10. The molecular formula is C23H18FN3O2. The lowest BCUT2D eigenvalue weighted by molar-refractivity contribution is 0.102. The average Bonchev–Trinajstić information content (AvgIpc) is 2.70. The summed E-state index contributed by atoms with van der Waals surface area (Å²) in [7, 11) is 0. The maximum absolute atomic E-state index is 13.2. The monoisotopic (exact) mass is 387 g/mol. The zero-order valence-electron chi connectivity index (χ0n) is 15.9. The van der Waals surface area contributed by atoms with Crippen molar-refractivity contribution in [3.8, 4) is 5.69 Å². The Balaban J connectivity index is 1.65. The Hall–Kier alpha value is -3.80. The van der Waals surface area contributed by atoms with Gasteiger partial charge in [0.25, 0.3) is 11.5 Å². The van der Waals surface area contributed by atoms with E-state index in [1.54, 1.807) is 56.3 Å². The number of fused-ring (bicyclic) bond motifs is 1. The highest BCUT2D eigenvalue weighted by molar-refractivity contribution is 6.04. The maximum Gasteiger partial charge on any atom is 0.265 e. The standard InChI is InChI=1S/C23H18FN3O2/c1-14-13-17(24)9-12-20(14)26-22(28)16-7-10-18(11-8-16)27-15(2)25-21-6-4-3-5-19(21)23(27)29/h3-13H,1-2H3,(H,26,28). The molecule has 1 N–H and O–H groups in total. The van der Waals surface area contributed by atoms with E-state index in [0.29, 0.717) is 39.2 Å². The van der Waals surface area contributed by atoms with Gasteiger partial charge in [-0.15, -0.1) is 0 Å². The second kappa shape index (κ2) is 7.31. The van der Waals surface area contributed by atoms with Gasteiger partial charge in [0, 0.05) is 11.3 Å². The SMILES string of the molecule is Cc1cc(F)ccc1NC(=O)c1ccc(-n2c(C)nc3ccccc3c2=O)cc1. The Morgan fingerprint density at radius 1 is 1.00 bits per heavy atom. The molecule has 4 rings (SSSR count). The molecule has 0 spiro atoms. The minimum Gasteiger partial charge on any atom is -0.322 e. The molecule has 3 aromatic carbocycles. The molecule has 0 aliphatic rings. The molecule has 144 valence electrons. The van der Waals surface area contributed by atoms with Gasteiger partial charge in [-0.1, -0.05) is 12.1 Å². The summed E-state index contributed by atoms with van der Waals surface area (Å²) in [4.78, 5) is 29.9. The lowest BCUT2D eigenvalue weighted by Gasteiger charge is -2.12. The lowest BCUT2D eigenvalue weighted by Crippen LogP contribution is -2.22. The summed E-state index contributed by atoms with van der Waals surface area (Å²) in [5, 5.41) is 3.31. The van der Waals surface area contributed by atoms with E-state index in [1.165, 1.54) is 22.8 Å². The minimum atomic E-state index is -0.352. The molecule has 0 aliphatic carbocycles. The van der Waals surface area contributed by atoms with Crippen LogP contribution in [0.2, 0.25) is 0 Å². The molecule has 0 fully saturated rings. The van der Waals surface area contributed by atoms with E-state index in [2.05, 4.69) is 10.3 Å². The van der Waals surface area contributed by atoms with Crippen LogP contribution in [0.3, 0.4) is 0 Å². The van der Waals surface area contributed by atoms with Crippen molar-refractivity contribution in [1.82, 2.24) is 9.55 Å². The van der Waals surface area contributed by atoms with Crippen LogP contribution in [-0.2, 0) is 0 Å². The van der Waals surface area contributed by atoms with E-state index in [1.807, 2.05) is 6.07 Å². The van der Waals surface area contributed by atoms with Gasteiger partial charge >= 0.3 is 0 Å². The van der Waals surface area contributed by atoms with Gasteiger partial charge in [0.05, 0.1) is 16.6 Å². The van der Waals surface area contributed by atoms with Gasteiger partial charge in [-0.05, 0) is 74.0 Å². The molecular weight excluding hydrogens is 369 g/mol. The topological polar surface area (TPSA) is 64.0 Å². The van der Waals surface area contributed by atoms with E-state index < -0.39 is 0 Å². The number of benzene rings is 3. The van der Waals surface area contributed by atoms with Crippen LogP contribution in [0.1, 0.15) is 21.7 Å². The van der Waals surface area contributed by atoms with E-state index in [0.717, 1.165) is 0 Å². The Labute approximate surface area is 166 Å². The van der Waals surface area contributed by atoms with Crippen molar-refractivity contribution in [3.05, 3.63) is 99.9 Å². The summed E-state index contributed by atoms with van der Waals surface area (Å²) in [6.45, 7) is 3.50. The summed E-state index contributed by atoms with van der Waals surface area (Å²) < 4.78 is 14.8. The summed E-state index contributed by atoms with van der Waals surface area (Å²) in [5.74, 6) is -0.102. The van der Waals surface area contributed by atoms with Crippen LogP contribution in [0.4, 0.5) is 10.1 Å². The van der Waals surface area contributed by atoms with Crippen molar-refractivity contribution >= 4 is 22.5 Å². The number of carbonyl (C=O) groups is 1. The predicted octanol–water partition coefficient (Wildman–Crippen LogP) is 4.39. The number of nitrogens with zero attached hydrogens (tertiary/aromatic N) is 2. The Morgan fingerprint density at radius 3 is 2.45 bits per heavy atom. The van der Waals surface area contributed by atoms with Crippen LogP contribution in [0.15, 0.2) is 71.5 Å². The Morgan fingerprint density at radius 2 is 1.72 bits per heavy atom. The number of aromatic nitrogens is 2. The quantitative estimate of drug-likeness (QED) is 0.567. The number of carbonyl (C=O) groups excluding carboxylic acids is 1. The summed E-state index contributed by atoms with van der Waals surface area (Å²) in [6, 6.07) is 18.1. The van der Waals surface area contributed by atoms with Crippen molar-refractivity contribution < 1.29 is 9.18 Å². The highest BCUT2D eigenvalue weighted by atomic mass is 19.1. The molecule has 0 bridgehead atoms. The fourth-order valence-corrected chi connectivity index (χ4v) is 3.27. The van der Waals surface area contributed by atoms with Gasteiger partial charge in [-0.3, -0.25) is 14.2 Å². The number of halogens is 1. The summed E-state index contributed by atoms with van der Waals surface area (Å²) >= 11 is 0. The molecule has 1 aromatic heterocycles. The molecule has 0 saturated heterocycles. The van der Waals surface area contributed by atoms with Crippen LogP contribution < -0.4 is 10.9 Å². The molecule has 29 heavy (non-hydrogen) atoms. The van der Waals surface area contributed by atoms with E-state index in [-0.39, 0.29) is 17.3 Å². The normalized spacial score (nSPS) is 10.9. The molecule has 0 atom stereocenters. The molecule has 0 unspecified atom stereocenters. The fourth-order valence-electron chi connectivity index (χ4n) is 3.27. The first kappa shape index (κ1) is 18.6. The van der Waals surface area contributed by atoms with Gasteiger partial charge in [0.2, 0.25) is 0 Å². The molecule has 4 aromatic rings. The van der Waals surface area contributed by atoms with Crippen LogP contribution in [0.5, 0.6) is 0 Å². The molecule has 5 nitrogen and oxygen atoms in total. The highest BCUT2D eigenvalue weighted by Gasteiger charge is 2.12. The summed E-state index contributed by atoms with van der Waals surface area (Å²) in [6.07, 6.45) is 0. The number of rotatable bonds is 3. The third-order valence-electron chi connectivity index (χ3n) is 4.77. The van der Waals surface area contributed by atoms with Gasteiger partial charge in [-0.2, -0.15) is 0 Å². The molecule has 1 amide bonds. The van der Waals surface area contributed by atoms with E-state index in [4.69, 9.17) is 0 Å². The Bertz CT molecular complexity index is 1290. The van der Waals surface area contributed by atoms with Crippen LogP contribution in [0, 0.1) is 19.7 Å². The van der Waals surface area contributed by atoms with E-state index in [9.17, 15) is 14.0 Å². The second-order valence-electron chi connectivity index (χ2n) is 6.78. The summed E-state index contributed by atoms with van der Waals surface area (Å²) in [5.41, 5.74) is 2.73. The molecule has 0 radical (unpaired) electrons. The smallest absolute Gasteiger partial charge is 0.265 e. The predicted molar refractivity (Wildman–Crippen MR) is 111 cm³/mol. The molecule has 0 aliphatic heterocycles. The van der Waals surface area contributed by atoms with Gasteiger partial charge in [-0.25, -0.2) is 9.37 Å². The molecule has 1 heterocycles. The second-order valence-corrected chi connectivity index (χ2v) is 6.78. The van der Waals surface area contributed by atoms with Crippen LogP contribution >= 0.6 is 0 Å². The average molecular weight is 387 g/mol. The number of amides is 1. The number of hydrogen-bond donors (Lipinski definition) is 1. The number of para-hydroxylation sites is 1. The number of hydrogen-bond acceptors (Lipinski definition) is 3. The number of nitrogens with one attached hydrogen (secondary N) is 1. The largest absolute Gasteiger partial charge is 0.322 e. The Kier molecular flexibility index (Phi) is 4.68. The van der Waals surface area contributed by atoms with Crippen molar-refractivity contribution in [3.63, 3.8) is 0 Å². The lowest BCUT2D eigenvalue weighted by atomic mass is 10.1. The van der Waals surface area contributed by atoms with Crippen molar-refractivity contribution in [2.75, 3.05) is 5.32 Å². The molecule has 0 saturated carbocycles. The van der Waals surface area contributed by atoms with Gasteiger partial charge < -0.3 is 5.32 Å². The van der Waals surface area contributed by atoms with Crippen molar-refractivity contribution in [1.29, 1.82) is 0 Å². The minimum absolute atomic E-state index is 0.160. The third-order valence-corrected chi connectivity index (χ3v) is 4.77. The van der Waals surface area contributed by atoms with E-state index >= 15 is 0 Å². The van der Waals surface area contributed by atoms with Crippen LogP contribution in [0.25, 0.3) is 16.6 Å². The first-order chi connectivity index (χ1) is 13.9. The first-order valence-electron chi connectivity index (χ1n) is 9.10. The highest BCUT2D eigenvalue weighted by Crippen LogP contribution is 2.18. The number of aryl methyl sites for hydroxylation is 2. The van der Waals surface area contributed by atoms with Crippen LogP contribution in [-0.4, -0.2) is 15.5 Å². The van der Waals surface area contributed by atoms with Gasteiger partial charge in [0.15, 0.2) is 0 Å². The fraction of sp³-hybridized carbons (Fsp3) is 0.0870. The number of anilines is 1. The van der Waals surface area contributed by atoms with Gasteiger partial charge in [0.1, 0.15) is 11.6 Å². The van der Waals surface area contributed by atoms with Crippen molar-refractivity contribution in [2.24, 2.45) is 0 Å².